The van der Waals surface area contributed by atoms with Crippen molar-refractivity contribution >= 4 is 38.1 Å². The highest BCUT2D eigenvalue weighted by Gasteiger charge is 2.32. The van der Waals surface area contributed by atoms with Gasteiger partial charge in [0.1, 0.15) is 0 Å². The number of aromatic nitrogens is 2. The van der Waals surface area contributed by atoms with E-state index in [0.29, 0.717) is 17.1 Å². The Bertz CT molecular complexity index is 1190. The fraction of sp³-hybridized carbons (Fsp3) is 0.250. The molecule has 1 aromatic carbocycles. The van der Waals surface area contributed by atoms with Crippen LogP contribution in [0.25, 0.3) is 11.3 Å². The number of benzene rings is 1. The lowest BCUT2D eigenvalue weighted by molar-refractivity contribution is 0.102. The number of sulfonamides is 1. The average molecular weight is 429 g/mol. The molecule has 0 fully saturated rings. The molecular formula is C20H20N4O3S2. The minimum absolute atomic E-state index is 0.110. The summed E-state index contributed by atoms with van der Waals surface area (Å²) < 4.78 is 25.7. The maximum atomic E-state index is 12.3. The number of thiazole rings is 1. The molecule has 0 aliphatic carbocycles. The lowest BCUT2D eigenvalue weighted by atomic mass is 10.0. The van der Waals surface area contributed by atoms with Crippen molar-refractivity contribution in [1.29, 1.82) is 0 Å². The Morgan fingerprint density at radius 1 is 1.31 bits per heavy atom. The molecule has 0 spiro atoms. The van der Waals surface area contributed by atoms with Crippen molar-refractivity contribution in [2.24, 2.45) is 0 Å². The summed E-state index contributed by atoms with van der Waals surface area (Å²) in [6.07, 6.45) is 5.01. The SMILES string of the molecule is Cc1sc(NC(=O)c2cccnc2)nc1-c1ccc2c(c1)C[C@H](C)N2S(C)(=O)=O. The first-order chi connectivity index (χ1) is 13.7. The number of fused-ring (bicyclic) bond motifs is 1. The molecule has 1 aliphatic rings. The van der Waals surface area contributed by atoms with Crippen molar-refractivity contribution < 1.29 is 13.2 Å². The van der Waals surface area contributed by atoms with Crippen LogP contribution in [0.4, 0.5) is 10.8 Å². The van der Waals surface area contributed by atoms with E-state index in [-0.39, 0.29) is 11.9 Å². The van der Waals surface area contributed by atoms with E-state index in [4.69, 9.17) is 0 Å². The highest BCUT2D eigenvalue weighted by Crippen LogP contribution is 2.38. The summed E-state index contributed by atoms with van der Waals surface area (Å²) in [4.78, 5) is 21.9. The number of anilines is 2. The van der Waals surface area contributed by atoms with Crippen LogP contribution >= 0.6 is 11.3 Å². The molecule has 3 aromatic rings. The van der Waals surface area contributed by atoms with E-state index in [1.54, 1.807) is 18.3 Å². The molecule has 9 heteroatoms. The highest BCUT2D eigenvalue weighted by molar-refractivity contribution is 7.92. The Morgan fingerprint density at radius 2 is 2.10 bits per heavy atom. The van der Waals surface area contributed by atoms with Gasteiger partial charge in [-0.25, -0.2) is 13.4 Å². The Morgan fingerprint density at radius 3 is 2.79 bits per heavy atom. The largest absolute Gasteiger partial charge is 0.298 e. The predicted octanol–water partition coefficient (Wildman–Crippen LogP) is 3.48. The molecule has 0 saturated carbocycles. The van der Waals surface area contributed by atoms with Crippen LogP contribution in [-0.4, -0.2) is 36.6 Å². The lowest BCUT2D eigenvalue weighted by Crippen LogP contribution is -2.34. The van der Waals surface area contributed by atoms with Gasteiger partial charge in [-0.3, -0.25) is 19.4 Å². The molecule has 29 heavy (non-hydrogen) atoms. The number of hydrogen-bond acceptors (Lipinski definition) is 6. The first-order valence-corrected chi connectivity index (χ1v) is 11.7. The van der Waals surface area contributed by atoms with Gasteiger partial charge in [-0.15, -0.1) is 11.3 Å². The Hall–Kier alpha value is -2.78. The van der Waals surface area contributed by atoms with E-state index in [9.17, 15) is 13.2 Å². The zero-order chi connectivity index (χ0) is 20.8. The average Bonchev–Trinajstić information content (AvgIpc) is 3.19. The van der Waals surface area contributed by atoms with Crippen LogP contribution in [0, 0.1) is 6.92 Å². The molecule has 4 rings (SSSR count). The van der Waals surface area contributed by atoms with Gasteiger partial charge in [-0.2, -0.15) is 0 Å². The molecule has 0 saturated heterocycles. The van der Waals surface area contributed by atoms with Gasteiger partial charge in [0.25, 0.3) is 5.91 Å². The summed E-state index contributed by atoms with van der Waals surface area (Å²) >= 11 is 1.40. The van der Waals surface area contributed by atoms with Gasteiger partial charge in [0.05, 0.1) is 23.2 Å². The Labute approximate surface area is 173 Å². The molecule has 1 amide bonds. The molecule has 1 N–H and O–H groups in total. The second-order valence-corrected chi connectivity index (χ2v) is 10.1. The fourth-order valence-corrected chi connectivity index (χ4v) is 5.73. The highest BCUT2D eigenvalue weighted by atomic mass is 32.2. The zero-order valence-electron chi connectivity index (χ0n) is 16.2. The van der Waals surface area contributed by atoms with E-state index < -0.39 is 10.0 Å². The number of aryl methyl sites for hydroxylation is 1. The smallest absolute Gasteiger partial charge is 0.259 e. The Balaban J connectivity index is 1.62. The number of carbonyl (C=O) groups is 1. The summed E-state index contributed by atoms with van der Waals surface area (Å²) in [5, 5.41) is 3.33. The number of pyridine rings is 1. The first kappa shape index (κ1) is 19.5. The Kier molecular flexibility index (Phi) is 4.87. The third-order valence-electron chi connectivity index (χ3n) is 4.80. The van der Waals surface area contributed by atoms with Gasteiger partial charge >= 0.3 is 0 Å². The number of amides is 1. The maximum Gasteiger partial charge on any atom is 0.259 e. The van der Waals surface area contributed by atoms with Gasteiger partial charge in [0.15, 0.2) is 5.13 Å². The molecule has 0 radical (unpaired) electrons. The van der Waals surface area contributed by atoms with Crippen molar-refractivity contribution in [3.05, 3.63) is 58.7 Å². The molecule has 3 heterocycles. The van der Waals surface area contributed by atoms with E-state index in [1.165, 1.54) is 28.1 Å². The topological polar surface area (TPSA) is 92.3 Å². The van der Waals surface area contributed by atoms with Crippen LogP contribution < -0.4 is 9.62 Å². The minimum Gasteiger partial charge on any atom is -0.298 e. The molecule has 7 nitrogen and oxygen atoms in total. The van der Waals surface area contributed by atoms with Crippen molar-refractivity contribution in [2.45, 2.75) is 26.3 Å². The molecule has 1 atom stereocenters. The number of hydrogen-bond donors (Lipinski definition) is 1. The normalized spacial score (nSPS) is 16.0. The quantitative estimate of drug-likeness (QED) is 0.687. The summed E-state index contributed by atoms with van der Waals surface area (Å²) in [5.74, 6) is -0.259. The van der Waals surface area contributed by atoms with Crippen LogP contribution in [-0.2, 0) is 16.4 Å². The molecule has 2 aromatic heterocycles. The second-order valence-electron chi connectivity index (χ2n) is 7.08. The summed E-state index contributed by atoms with van der Waals surface area (Å²) in [5.41, 5.74) is 3.86. The van der Waals surface area contributed by atoms with Crippen LogP contribution in [0.15, 0.2) is 42.7 Å². The summed E-state index contributed by atoms with van der Waals surface area (Å²) in [6, 6.07) is 9.00. The van der Waals surface area contributed by atoms with Gasteiger partial charge in [0.2, 0.25) is 10.0 Å². The lowest BCUT2D eigenvalue weighted by Gasteiger charge is -2.21. The summed E-state index contributed by atoms with van der Waals surface area (Å²) in [7, 11) is -3.32. The van der Waals surface area contributed by atoms with Gasteiger partial charge < -0.3 is 0 Å². The van der Waals surface area contributed by atoms with Crippen LogP contribution in [0.1, 0.15) is 27.7 Å². The standard InChI is InChI=1S/C20H20N4O3S2/c1-12-9-16-10-14(6-7-17(16)24(12)29(3,26)27)18-13(2)28-20(22-18)23-19(25)15-5-4-8-21-11-15/h4-8,10-12H,9H2,1-3H3,(H,22,23,25)/t12-/m0/s1. The maximum absolute atomic E-state index is 12.3. The monoisotopic (exact) mass is 428 g/mol. The van der Waals surface area contributed by atoms with Crippen LogP contribution in [0.3, 0.4) is 0 Å². The van der Waals surface area contributed by atoms with Crippen molar-refractivity contribution in [3.8, 4) is 11.3 Å². The molecule has 0 bridgehead atoms. The zero-order valence-corrected chi connectivity index (χ0v) is 17.8. The number of carbonyl (C=O) groups excluding carboxylic acids is 1. The minimum atomic E-state index is -3.32. The first-order valence-electron chi connectivity index (χ1n) is 9.05. The van der Waals surface area contributed by atoms with Gasteiger partial charge in [0, 0.05) is 28.9 Å². The molecular weight excluding hydrogens is 408 g/mol. The molecule has 150 valence electrons. The third-order valence-corrected chi connectivity index (χ3v) is 6.96. The van der Waals surface area contributed by atoms with E-state index in [1.807, 2.05) is 32.0 Å². The molecule has 1 aliphatic heterocycles. The van der Waals surface area contributed by atoms with E-state index in [2.05, 4.69) is 15.3 Å². The number of rotatable bonds is 4. The van der Waals surface area contributed by atoms with E-state index in [0.717, 1.165) is 27.4 Å². The third kappa shape index (κ3) is 3.75. The van der Waals surface area contributed by atoms with Crippen molar-refractivity contribution in [3.63, 3.8) is 0 Å². The predicted molar refractivity (Wildman–Crippen MR) is 115 cm³/mol. The van der Waals surface area contributed by atoms with Crippen LogP contribution in [0.2, 0.25) is 0 Å². The van der Waals surface area contributed by atoms with Gasteiger partial charge in [-0.05, 0) is 50.1 Å². The van der Waals surface area contributed by atoms with Crippen molar-refractivity contribution in [1.82, 2.24) is 9.97 Å². The second kappa shape index (κ2) is 7.23. The van der Waals surface area contributed by atoms with E-state index >= 15 is 0 Å². The fourth-order valence-electron chi connectivity index (χ4n) is 3.64. The van der Waals surface area contributed by atoms with Gasteiger partial charge in [-0.1, -0.05) is 6.07 Å². The summed E-state index contributed by atoms with van der Waals surface area (Å²) in [6.45, 7) is 3.85. The number of nitrogens with one attached hydrogen (secondary N) is 1. The van der Waals surface area contributed by atoms with Crippen molar-refractivity contribution in [2.75, 3.05) is 15.9 Å². The van der Waals surface area contributed by atoms with Crippen LogP contribution in [0.5, 0.6) is 0 Å². The number of nitrogens with zero attached hydrogens (tertiary/aromatic N) is 3. The molecule has 0 unspecified atom stereocenters.